The lowest BCUT2D eigenvalue weighted by molar-refractivity contribution is 0.660. The highest BCUT2D eigenvalue weighted by Gasteiger charge is 2.51. The molecule has 66 heavy (non-hydrogen) atoms. The summed E-state index contributed by atoms with van der Waals surface area (Å²) >= 11 is 0. The summed E-state index contributed by atoms with van der Waals surface area (Å²) in [6.07, 6.45) is 0. The molecule has 14 rings (SSSR count). The predicted molar refractivity (Wildman–Crippen MR) is 275 cm³/mol. The van der Waals surface area contributed by atoms with Crippen molar-refractivity contribution in [3.8, 4) is 50.2 Å². The molecule has 1 aliphatic heterocycles. The number of nitrogens with zero attached hydrogens (tertiary/aromatic N) is 2. The number of aromatic nitrogens is 1. The van der Waals surface area contributed by atoms with E-state index in [9.17, 15) is 0 Å². The lowest BCUT2D eigenvalue weighted by Gasteiger charge is -2.40. The minimum absolute atomic E-state index is 0.166. The highest BCUT2D eigenvalue weighted by atomic mass is 15.2. The highest BCUT2D eigenvalue weighted by molar-refractivity contribution is 6.14. The van der Waals surface area contributed by atoms with E-state index in [0.29, 0.717) is 0 Å². The number of hydrogen-bond acceptors (Lipinski definition) is 1. The maximum Gasteiger partial charge on any atom is 0.0754 e. The number of anilines is 3. The average Bonchev–Trinajstić information content (AvgIpc) is 3.96. The third kappa shape index (κ3) is 4.75. The number of rotatable bonds is 5. The van der Waals surface area contributed by atoms with Crippen LogP contribution in [-0.4, -0.2) is 4.57 Å². The number of benzene rings is 10. The van der Waals surface area contributed by atoms with E-state index in [0.717, 1.165) is 11.4 Å². The quantitative estimate of drug-likeness (QED) is 0.168. The van der Waals surface area contributed by atoms with Crippen LogP contribution in [0.1, 0.15) is 47.2 Å². The van der Waals surface area contributed by atoms with Gasteiger partial charge in [-0.1, -0.05) is 220 Å². The van der Waals surface area contributed by atoms with Gasteiger partial charge < -0.3 is 9.47 Å². The molecule has 1 spiro atoms. The summed E-state index contributed by atoms with van der Waals surface area (Å²) in [7, 11) is 0. The van der Waals surface area contributed by atoms with Gasteiger partial charge >= 0.3 is 0 Å². The van der Waals surface area contributed by atoms with Gasteiger partial charge in [0.2, 0.25) is 0 Å². The van der Waals surface area contributed by atoms with Gasteiger partial charge in [0.05, 0.1) is 39.2 Å². The summed E-state index contributed by atoms with van der Waals surface area (Å²) in [6.45, 7) is 4.76. The SMILES string of the molecule is CC1(C)c2ccccc2-c2c(N(c3ccccc3-c3ccccc3)c3ccccc3-c3cccc4c3-n3c5ccccc5c5cccc(c53)C43c4ccccc4-c4ccccc43)cccc21. The molecule has 2 heteroatoms. The van der Waals surface area contributed by atoms with Crippen LogP contribution in [0.15, 0.2) is 231 Å². The summed E-state index contributed by atoms with van der Waals surface area (Å²) in [6, 6.07) is 86.4. The maximum atomic E-state index is 2.61. The van der Waals surface area contributed by atoms with Gasteiger partial charge in [0.15, 0.2) is 0 Å². The van der Waals surface area contributed by atoms with Gasteiger partial charge in [0.1, 0.15) is 0 Å². The maximum absolute atomic E-state index is 2.61. The molecule has 0 unspecified atom stereocenters. The lowest BCUT2D eigenvalue weighted by Crippen LogP contribution is -2.33. The smallest absolute Gasteiger partial charge is 0.0754 e. The Hall–Kier alpha value is -8.20. The van der Waals surface area contributed by atoms with E-state index in [1.165, 1.54) is 111 Å². The second-order valence-corrected chi connectivity index (χ2v) is 18.7. The zero-order valence-electron chi connectivity index (χ0n) is 36.8. The Kier molecular flexibility index (Phi) is 7.70. The van der Waals surface area contributed by atoms with Crippen LogP contribution in [0.25, 0.3) is 72.0 Å². The minimum atomic E-state index is -0.549. The Morgan fingerprint density at radius 1 is 0.333 bits per heavy atom. The van der Waals surface area contributed by atoms with Crippen LogP contribution in [0.4, 0.5) is 17.1 Å². The summed E-state index contributed by atoms with van der Waals surface area (Å²) in [4.78, 5) is 2.57. The van der Waals surface area contributed by atoms with Crippen molar-refractivity contribution in [3.05, 3.63) is 264 Å². The molecular formula is C64H44N2. The van der Waals surface area contributed by atoms with Crippen LogP contribution in [0, 0.1) is 0 Å². The molecule has 3 aliphatic rings. The third-order valence-corrected chi connectivity index (χ3v) is 15.2. The molecule has 0 saturated carbocycles. The van der Waals surface area contributed by atoms with E-state index >= 15 is 0 Å². The molecular weight excluding hydrogens is 797 g/mol. The van der Waals surface area contributed by atoms with Crippen molar-refractivity contribution >= 4 is 38.9 Å². The number of fused-ring (bicyclic) bond motifs is 15. The molecule has 10 aromatic carbocycles. The first-order valence-electron chi connectivity index (χ1n) is 23.2. The summed E-state index contributed by atoms with van der Waals surface area (Å²) in [5, 5.41) is 2.54. The van der Waals surface area contributed by atoms with Crippen molar-refractivity contribution in [2.24, 2.45) is 0 Å². The van der Waals surface area contributed by atoms with Gasteiger partial charge in [0.25, 0.3) is 0 Å². The second-order valence-electron chi connectivity index (χ2n) is 18.7. The van der Waals surface area contributed by atoms with E-state index in [-0.39, 0.29) is 5.41 Å². The van der Waals surface area contributed by atoms with Gasteiger partial charge in [-0.05, 0) is 79.9 Å². The lowest BCUT2D eigenvalue weighted by atomic mass is 9.65. The molecule has 2 nitrogen and oxygen atoms in total. The first-order valence-corrected chi connectivity index (χ1v) is 23.2. The van der Waals surface area contributed by atoms with E-state index in [1.807, 2.05) is 0 Å². The second kappa shape index (κ2) is 13.7. The summed E-state index contributed by atoms with van der Waals surface area (Å²) in [5.41, 5.74) is 24.3. The Bertz CT molecular complexity index is 3760. The molecule has 0 N–H and O–H groups in total. The van der Waals surface area contributed by atoms with Crippen molar-refractivity contribution in [1.82, 2.24) is 4.57 Å². The topological polar surface area (TPSA) is 8.17 Å². The largest absolute Gasteiger partial charge is 0.309 e. The first-order chi connectivity index (χ1) is 32.6. The highest BCUT2D eigenvalue weighted by Crippen LogP contribution is 2.63. The standard InChI is InChI=1S/C64H44N2/c1-63(2)50-31-12-8-28-49(50)60-53(63)34-20-40-59(60)65(56-37-15-9-23-42(56)41-21-4-3-5-22-41)57-38-16-10-26-45(57)47-29-18-35-54-61(47)66-58-39-17-11-27-46(58)48-30-19-36-55(62(48)66)64(54)51-32-13-6-24-43(51)44-25-7-14-33-52(44)64/h3-40H,1-2H3. The van der Waals surface area contributed by atoms with E-state index in [2.05, 4.69) is 254 Å². The van der Waals surface area contributed by atoms with Crippen LogP contribution in [0.2, 0.25) is 0 Å². The van der Waals surface area contributed by atoms with Gasteiger partial charge in [-0.15, -0.1) is 0 Å². The van der Waals surface area contributed by atoms with Crippen molar-refractivity contribution in [2.75, 3.05) is 4.90 Å². The molecule has 0 fully saturated rings. The normalized spacial score (nSPS) is 14.2. The molecule has 2 heterocycles. The van der Waals surface area contributed by atoms with Gasteiger partial charge in [-0.3, -0.25) is 0 Å². The fraction of sp³-hybridized carbons (Fsp3) is 0.0625. The zero-order chi connectivity index (χ0) is 43.7. The number of hydrogen-bond donors (Lipinski definition) is 0. The van der Waals surface area contributed by atoms with Crippen molar-refractivity contribution in [1.29, 1.82) is 0 Å². The molecule has 1 aromatic heterocycles. The number of para-hydroxylation sites is 5. The van der Waals surface area contributed by atoms with Crippen molar-refractivity contribution in [2.45, 2.75) is 24.7 Å². The fourth-order valence-electron chi connectivity index (χ4n) is 12.6. The van der Waals surface area contributed by atoms with Crippen LogP contribution in [0.3, 0.4) is 0 Å². The molecule has 0 bridgehead atoms. The Morgan fingerprint density at radius 3 is 1.58 bits per heavy atom. The molecule has 310 valence electrons. The third-order valence-electron chi connectivity index (χ3n) is 15.2. The van der Waals surface area contributed by atoms with E-state index < -0.39 is 5.41 Å². The zero-order valence-corrected chi connectivity index (χ0v) is 36.8. The molecule has 0 saturated heterocycles. The van der Waals surface area contributed by atoms with Gasteiger partial charge in [0, 0.05) is 38.4 Å². The van der Waals surface area contributed by atoms with Crippen LogP contribution in [0.5, 0.6) is 0 Å². The molecule has 0 radical (unpaired) electrons. The Morgan fingerprint density at radius 2 is 0.818 bits per heavy atom. The molecule has 0 atom stereocenters. The van der Waals surface area contributed by atoms with E-state index in [4.69, 9.17) is 0 Å². The summed E-state index contributed by atoms with van der Waals surface area (Å²) < 4.78 is 2.61. The fourth-order valence-corrected chi connectivity index (χ4v) is 12.6. The van der Waals surface area contributed by atoms with Crippen molar-refractivity contribution in [3.63, 3.8) is 0 Å². The monoisotopic (exact) mass is 840 g/mol. The molecule has 2 aliphatic carbocycles. The average molecular weight is 841 g/mol. The Labute approximate surface area is 385 Å². The summed E-state index contributed by atoms with van der Waals surface area (Å²) in [5.74, 6) is 0. The predicted octanol–water partition coefficient (Wildman–Crippen LogP) is 16.6. The van der Waals surface area contributed by atoms with E-state index in [1.54, 1.807) is 0 Å². The molecule has 11 aromatic rings. The van der Waals surface area contributed by atoms with Crippen LogP contribution >= 0.6 is 0 Å². The van der Waals surface area contributed by atoms with Crippen LogP contribution < -0.4 is 4.90 Å². The first kappa shape index (κ1) is 37.2. The minimum Gasteiger partial charge on any atom is -0.309 e. The van der Waals surface area contributed by atoms with Gasteiger partial charge in [-0.25, -0.2) is 0 Å². The molecule has 0 amide bonds. The Balaban J connectivity index is 1.13. The van der Waals surface area contributed by atoms with Gasteiger partial charge in [-0.2, -0.15) is 0 Å². The van der Waals surface area contributed by atoms with Crippen molar-refractivity contribution < 1.29 is 0 Å². The van der Waals surface area contributed by atoms with Crippen LogP contribution in [-0.2, 0) is 10.8 Å².